The Bertz CT molecular complexity index is 242. The second-order valence-corrected chi connectivity index (χ2v) is 5.63. The van der Waals surface area contributed by atoms with Crippen molar-refractivity contribution >= 4 is 5.91 Å². The first-order valence-corrected chi connectivity index (χ1v) is 6.11. The molecule has 2 unspecified atom stereocenters. The molecule has 1 aliphatic heterocycles. The minimum absolute atomic E-state index is 0.257. The molecule has 3 heteroatoms. The number of hydrogen-bond acceptors (Lipinski definition) is 2. The molecule has 0 aromatic heterocycles. The second kappa shape index (κ2) is 4.12. The first-order valence-electron chi connectivity index (χ1n) is 6.11. The Morgan fingerprint density at radius 2 is 2.07 bits per heavy atom. The standard InChI is InChI=1S/C12H22N2O/c1-12(2)8-10(12)11(15)14-9-4-3-6-13-7-5-9/h9-10,13H,3-8H2,1-2H3,(H,14,15). The van der Waals surface area contributed by atoms with E-state index in [2.05, 4.69) is 24.5 Å². The number of hydrogen-bond donors (Lipinski definition) is 2. The van der Waals surface area contributed by atoms with Gasteiger partial charge in [-0.3, -0.25) is 4.79 Å². The maximum atomic E-state index is 11.9. The van der Waals surface area contributed by atoms with Gasteiger partial charge in [0.15, 0.2) is 0 Å². The summed E-state index contributed by atoms with van der Waals surface area (Å²) >= 11 is 0. The lowest BCUT2D eigenvalue weighted by molar-refractivity contribution is -0.123. The molecule has 2 atom stereocenters. The predicted octanol–water partition coefficient (Wildman–Crippen LogP) is 1.29. The molecule has 2 N–H and O–H groups in total. The number of carbonyl (C=O) groups is 1. The lowest BCUT2D eigenvalue weighted by Gasteiger charge is -2.16. The smallest absolute Gasteiger partial charge is 0.223 e. The number of rotatable bonds is 2. The molecule has 86 valence electrons. The molecule has 0 radical (unpaired) electrons. The van der Waals surface area contributed by atoms with E-state index in [-0.39, 0.29) is 17.2 Å². The van der Waals surface area contributed by atoms with Crippen LogP contribution < -0.4 is 10.6 Å². The van der Waals surface area contributed by atoms with Crippen LogP contribution in [0.1, 0.15) is 39.5 Å². The van der Waals surface area contributed by atoms with Crippen molar-refractivity contribution in [3.8, 4) is 0 Å². The summed E-state index contributed by atoms with van der Waals surface area (Å²) < 4.78 is 0. The van der Waals surface area contributed by atoms with E-state index in [0.29, 0.717) is 6.04 Å². The highest BCUT2D eigenvalue weighted by molar-refractivity contribution is 5.82. The van der Waals surface area contributed by atoms with Gasteiger partial charge in [0.2, 0.25) is 5.91 Å². The van der Waals surface area contributed by atoms with E-state index in [9.17, 15) is 4.79 Å². The van der Waals surface area contributed by atoms with Gasteiger partial charge in [0.25, 0.3) is 0 Å². The first-order chi connectivity index (χ1) is 7.09. The van der Waals surface area contributed by atoms with E-state index in [1.54, 1.807) is 0 Å². The quantitative estimate of drug-likeness (QED) is 0.721. The molecule has 2 fully saturated rings. The van der Waals surface area contributed by atoms with Crippen molar-refractivity contribution in [1.29, 1.82) is 0 Å². The van der Waals surface area contributed by atoms with Gasteiger partial charge in [-0.2, -0.15) is 0 Å². The highest BCUT2D eigenvalue weighted by Gasteiger charge is 2.50. The van der Waals surface area contributed by atoms with Gasteiger partial charge in [0, 0.05) is 12.0 Å². The molecule has 0 aromatic rings. The molecule has 2 rings (SSSR count). The SMILES string of the molecule is CC1(C)CC1C(=O)NC1CCCNCC1. The Labute approximate surface area is 92.0 Å². The van der Waals surface area contributed by atoms with Crippen molar-refractivity contribution in [2.75, 3.05) is 13.1 Å². The number of carbonyl (C=O) groups excluding carboxylic acids is 1. The molecule has 1 heterocycles. The van der Waals surface area contributed by atoms with Crippen LogP contribution in [-0.2, 0) is 4.79 Å². The normalized spacial score (nSPS) is 34.3. The minimum atomic E-state index is 0.257. The molecule has 1 saturated heterocycles. The summed E-state index contributed by atoms with van der Waals surface area (Å²) in [6, 6.07) is 0.406. The van der Waals surface area contributed by atoms with Crippen LogP contribution in [0.2, 0.25) is 0 Å². The summed E-state index contributed by atoms with van der Waals surface area (Å²) in [5, 5.41) is 6.56. The van der Waals surface area contributed by atoms with Gasteiger partial charge in [-0.15, -0.1) is 0 Å². The Kier molecular flexibility index (Phi) is 3.01. The molecular formula is C12H22N2O. The second-order valence-electron chi connectivity index (χ2n) is 5.63. The summed E-state index contributed by atoms with van der Waals surface area (Å²) in [5.41, 5.74) is 0.257. The van der Waals surface area contributed by atoms with Crippen molar-refractivity contribution in [2.45, 2.75) is 45.6 Å². The lowest BCUT2D eigenvalue weighted by atomic mass is 10.1. The van der Waals surface area contributed by atoms with Crippen LogP contribution in [-0.4, -0.2) is 25.0 Å². The van der Waals surface area contributed by atoms with Crippen LogP contribution in [0, 0.1) is 11.3 Å². The van der Waals surface area contributed by atoms with E-state index in [1.807, 2.05) is 0 Å². The molecule has 0 bridgehead atoms. The van der Waals surface area contributed by atoms with Crippen LogP contribution >= 0.6 is 0 Å². The average molecular weight is 210 g/mol. The zero-order valence-corrected chi connectivity index (χ0v) is 9.81. The Hall–Kier alpha value is -0.570. The minimum Gasteiger partial charge on any atom is -0.353 e. The fraction of sp³-hybridized carbons (Fsp3) is 0.917. The van der Waals surface area contributed by atoms with Crippen molar-refractivity contribution in [1.82, 2.24) is 10.6 Å². The highest BCUT2D eigenvalue weighted by atomic mass is 16.2. The summed E-state index contributed by atoms with van der Waals surface area (Å²) in [4.78, 5) is 11.9. The van der Waals surface area contributed by atoms with Gasteiger partial charge in [-0.25, -0.2) is 0 Å². The van der Waals surface area contributed by atoms with Crippen LogP contribution in [0.5, 0.6) is 0 Å². The monoisotopic (exact) mass is 210 g/mol. The fourth-order valence-electron chi connectivity index (χ4n) is 2.38. The van der Waals surface area contributed by atoms with Crippen LogP contribution in [0.4, 0.5) is 0 Å². The van der Waals surface area contributed by atoms with Crippen LogP contribution in [0.3, 0.4) is 0 Å². The zero-order chi connectivity index (χ0) is 10.9. The van der Waals surface area contributed by atoms with Gasteiger partial charge in [0.05, 0.1) is 0 Å². The van der Waals surface area contributed by atoms with Crippen molar-refractivity contribution < 1.29 is 4.79 Å². The van der Waals surface area contributed by atoms with E-state index in [4.69, 9.17) is 0 Å². The van der Waals surface area contributed by atoms with E-state index >= 15 is 0 Å². The summed E-state index contributed by atoms with van der Waals surface area (Å²) in [6.45, 7) is 6.48. The number of nitrogens with one attached hydrogen (secondary N) is 2. The van der Waals surface area contributed by atoms with Crippen LogP contribution in [0.15, 0.2) is 0 Å². The van der Waals surface area contributed by atoms with E-state index < -0.39 is 0 Å². The number of amides is 1. The van der Waals surface area contributed by atoms with Gasteiger partial charge in [0.1, 0.15) is 0 Å². The maximum absolute atomic E-state index is 11.9. The fourth-order valence-corrected chi connectivity index (χ4v) is 2.38. The lowest BCUT2D eigenvalue weighted by Crippen LogP contribution is -2.37. The third-order valence-corrected chi connectivity index (χ3v) is 3.75. The third-order valence-electron chi connectivity index (χ3n) is 3.75. The Morgan fingerprint density at radius 1 is 1.33 bits per heavy atom. The van der Waals surface area contributed by atoms with E-state index in [1.165, 1.54) is 6.42 Å². The molecule has 1 saturated carbocycles. The molecule has 1 amide bonds. The largest absolute Gasteiger partial charge is 0.353 e. The van der Waals surface area contributed by atoms with Crippen molar-refractivity contribution in [2.24, 2.45) is 11.3 Å². The molecule has 15 heavy (non-hydrogen) atoms. The molecule has 1 aliphatic carbocycles. The summed E-state index contributed by atoms with van der Waals surface area (Å²) in [6.07, 6.45) is 4.45. The third kappa shape index (κ3) is 2.71. The van der Waals surface area contributed by atoms with Crippen LogP contribution in [0.25, 0.3) is 0 Å². The van der Waals surface area contributed by atoms with Gasteiger partial charge in [-0.1, -0.05) is 13.8 Å². The topological polar surface area (TPSA) is 41.1 Å². The highest BCUT2D eigenvalue weighted by Crippen LogP contribution is 2.51. The predicted molar refractivity (Wildman–Crippen MR) is 60.5 cm³/mol. The molecule has 2 aliphatic rings. The Morgan fingerprint density at radius 3 is 2.73 bits per heavy atom. The van der Waals surface area contributed by atoms with Gasteiger partial charge < -0.3 is 10.6 Å². The Balaban J connectivity index is 1.78. The zero-order valence-electron chi connectivity index (χ0n) is 9.81. The van der Waals surface area contributed by atoms with Crippen molar-refractivity contribution in [3.05, 3.63) is 0 Å². The van der Waals surface area contributed by atoms with Gasteiger partial charge in [-0.05, 0) is 44.2 Å². The van der Waals surface area contributed by atoms with Gasteiger partial charge >= 0.3 is 0 Å². The van der Waals surface area contributed by atoms with Crippen molar-refractivity contribution in [3.63, 3.8) is 0 Å². The molecular weight excluding hydrogens is 188 g/mol. The maximum Gasteiger partial charge on any atom is 0.223 e. The van der Waals surface area contributed by atoms with E-state index in [0.717, 1.165) is 32.4 Å². The molecule has 0 spiro atoms. The average Bonchev–Trinajstić information content (AvgIpc) is 2.85. The summed E-state index contributed by atoms with van der Waals surface area (Å²) in [7, 11) is 0. The molecule has 0 aromatic carbocycles. The molecule has 3 nitrogen and oxygen atoms in total. The first kappa shape index (κ1) is 10.9. The summed E-state index contributed by atoms with van der Waals surface area (Å²) in [5.74, 6) is 0.556.